The Balaban J connectivity index is 2.16. The van der Waals surface area contributed by atoms with Gasteiger partial charge in [-0.25, -0.2) is 4.98 Å². The zero-order chi connectivity index (χ0) is 12.3. The molecule has 2 heterocycles. The number of rotatable bonds is 5. The summed E-state index contributed by atoms with van der Waals surface area (Å²) in [6.45, 7) is 5.08. The average molecular weight is 249 g/mol. The van der Waals surface area contributed by atoms with Crippen LogP contribution < -0.4 is 5.73 Å². The summed E-state index contributed by atoms with van der Waals surface area (Å²) in [6.07, 6.45) is 2.98. The van der Waals surface area contributed by atoms with Crippen molar-refractivity contribution in [2.24, 2.45) is 11.7 Å². The molecule has 92 valence electrons. The Kier molecular flexibility index (Phi) is 3.97. The van der Waals surface area contributed by atoms with Gasteiger partial charge in [-0.2, -0.15) is 0 Å². The zero-order valence-corrected chi connectivity index (χ0v) is 11.1. The molecule has 2 aromatic heterocycles. The second kappa shape index (κ2) is 5.47. The van der Waals surface area contributed by atoms with E-state index in [0.29, 0.717) is 18.4 Å². The number of nitrogens with zero attached hydrogens (tertiary/aromatic N) is 1. The molecule has 4 heteroatoms. The smallest absolute Gasteiger partial charge is 0.110 e. The average Bonchev–Trinajstić information content (AvgIpc) is 2.95. The Hall–Kier alpha value is -1.13. The van der Waals surface area contributed by atoms with E-state index in [1.807, 2.05) is 6.20 Å². The van der Waals surface area contributed by atoms with E-state index in [4.69, 9.17) is 5.73 Å². The van der Waals surface area contributed by atoms with E-state index in [1.54, 1.807) is 11.3 Å². The molecule has 0 aliphatic heterocycles. The van der Waals surface area contributed by atoms with Crippen LogP contribution in [-0.2, 0) is 0 Å². The van der Waals surface area contributed by atoms with Crippen LogP contribution in [0.15, 0.2) is 23.7 Å². The van der Waals surface area contributed by atoms with Gasteiger partial charge < -0.3 is 10.7 Å². The number of hydrogen-bond donors (Lipinski definition) is 2. The highest BCUT2D eigenvalue weighted by molar-refractivity contribution is 7.13. The number of nitrogens with one attached hydrogen (secondary N) is 1. The van der Waals surface area contributed by atoms with Gasteiger partial charge in [0.05, 0.1) is 16.8 Å². The van der Waals surface area contributed by atoms with E-state index < -0.39 is 0 Å². The highest BCUT2D eigenvalue weighted by atomic mass is 32.1. The van der Waals surface area contributed by atoms with Crippen molar-refractivity contribution in [1.82, 2.24) is 9.97 Å². The molecule has 2 rings (SSSR count). The SMILES string of the molecule is CC(C)CC(CN)c1ncc(-c2cccs2)[nH]1. The molecule has 17 heavy (non-hydrogen) atoms. The summed E-state index contributed by atoms with van der Waals surface area (Å²) in [4.78, 5) is 9.08. The number of thiophene rings is 1. The van der Waals surface area contributed by atoms with E-state index in [1.165, 1.54) is 4.88 Å². The molecule has 0 aliphatic rings. The van der Waals surface area contributed by atoms with E-state index in [9.17, 15) is 0 Å². The van der Waals surface area contributed by atoms with Crippen LogP contribution in [0.3, 0.4) is 0 Å². The van der Waals surface area contributed by atoms with Gasteiger partial charge in [-0.15, -0.1) is 11.3 Å². The molecule has 3 nitrogen and oxygen atoms in total. The third-order valence-electron chi connectivity index (χ3n) is 2.81. The van der Waals surface area contributed by atoms with Gasteiger partial charge in [0.1, 0.15) is 5.82 Å². The lowest BCUT2D eigenvalue weighted by atomic mass is 9.97. The number of imidazole rings is 1. The monoisotopic (exact) mass is 249 g/mol. The number of nitrogens with two attached hydrogens (primary N) is 1. The van der Waals surface area contributed by atoms with Crippen molar-refractivity contribution in [2.45, 2.75) is 26.2 Å². The summed E-state index contributed by atoms with van der Waals surface area (Å²) in [5, 5.41) is 2.07. The fourth-order valence-corrected chi connectivity index (χ4v) is 2.68. The predicted molar refractivity (Wildman–Crippen MR) is 73.2 cm³/mol. The summed E-state index contributed by atoms with van der Waals surface area (Å²) in [5.41, 5.74) is 6.92. The zero-order valence-electron chi connectivity index (χ0n) is 10.3. The largest absolute Gasteiger partial charge is 0.341 e. The van der Waals surface area contributed by atoms with Crippen molar-refractivity contribution in [3.05, 3.63) is 29.5 Å². The fraction of sp³-hybridized carbons (Fsp3) is 0.462. The van der Waals surface area contributed by atoms with Crippen LogP contribution in [0.4, 0.5) is 0 Å². The lowest BCUT2D eigenvalue weighted by Crippen LogP contribution is -2.15. The maximum absolute atomic E-state index is 5.82. The highest BCUT2D eigenvalue weighted by Crippen LogP contribution is 2.26. The molecule has 0 aromatic carbocycles. The molecule has 0 saturated carbocycles. The van der Waals surface area contributed by atoms with Gasteiger partial charge in [0.2, 0.25) is 0 Å². The Morgan fingerprint density at radius 3 is 2.88 bits per heavy atom. The summed E-state index contributed by atoms with van der Waals surface area (Å²) in [6, 6.07) is 4.15. The maximum Gasteiger partial charge on any atom is 0.110 e. The first-order valence-corrected chi connectivity index (χ1v) is 6.87. The Bertz CT molecular complexity index is 445. The number of hydrogen-bond acceptors (Lipinski definition) is 3. The Labute approximate surface area is 106 Å². The van der Waals surface area contributed by atoms with Crippen LogP contribution in [0.5, 0.6) is 0 Å². The second-order valence-corrected chi connectivity index (χ2v) is 5.67. The number of H-pyrrole nitrogens is 1. The third kappa shape index (κ3) is 2.96. The number of aromatic nitrogens is 2. The first-order chi connectivity index (χ1) is 8.20. The minimum atomic E-state index is 0.337. The molecule has 1 atom stereocenters. The van der Waals surface area contributed by atoms with Crippen LogP contribution in [0.25, 0.3) is 10.6 Å². The molecule has 0 spiro atoms. The predicted octanol–water partition coefficient (Wildman–Crippen LogP) is 3.23. The van der Waals surface area contributed by atoms with Gasteiger partial charge in [-0.1, -0.05) is 19.9 Å². The normalized spacial score (nSPS) is 13.2. The molecular weight excluding hydrogens is 230 g/mol. The molecule has 3 N–H and O–H groups in total. The summed E-state index contributed by atoms with van der Waals surface area (Å²) in [7, 11) is 0. The molecular formula is C13H19N3S. The van der Waals surface area contributed by atoms with Crippen LogP contribution in [0.2, 0.25) is 0 Å². The van der Waals surface area contributed by atoms with E-state index in [-0.39, 0.29) is 0 Å². The molecule has 0 aliphatic carbocycles. The molecule has 0 bridgehead atoms. The molecule has 0 saturated heterocycles. The van der Waals surface area contributed by atoms with Crippen molar-refractivity contribution in [3.8, 4) is 10.6 Å². The van der Waals surface area contributed by atoms with Crippen molar-refractivity contribution >= 4 is 11.3 Å². The maximum atomic E-state index is 5.82. The first kappa shape index (κ1) is 12.3. The molecule has 0 amide bonds. The van der Waals surface area contributed by atoms with Gasteiger partial charge in [0.15, 0.2) is 0 Å². The molecule has 1 unspecified atom stereocenters. The first-order valence-electron chi connectivity index (χ1n) is 5.99. The second-order valence-electron chi connectivity index (χ2n) is 4.72. The van der Waals surface area contributed by atoms with Crippen molar-refractivity contribution < 1.29 is 0 Å². The minimum Gasteiger partial charge on any atom is -0.341 e. The van der Waals surface area contributed by atoms with Crippen LogP contribution in [0, 0.1) is 5.92 Å². The quantitative estimate of drug-likeness (QED) is 0.854. The summed E-state index contributed by atoms with van der Waals surface area (Å²) >= 11 is 1.72. The van der Waals surface area contributed by atoms with E-state index in [0.717, 1.165) is 17.9 Å². The molecule has 2 aromatic rings. The Morgan fingerprint density at radius 1 is 1.47 bits per heavy atom. The van der Waals surface area contributed by atoms with Crippen LogP contribution in [-0.4, -0.2) is 16.5 Å². The standard InChI is InChI=1S/C13H19N3S/c1-9(2)6-10(7-14)13-15-8-11(16-13)12-4-3-5-17-12/h3-5,8-10H,6-7,14H2,1-2H3,(H,15,16). The Morgan fingerprint density at radius 2 is 2.29 bits per heavy atom. The van der Waals surface area contributed by atoms with Crippen molar-refractivity contribution in [3.63, 3.8) is 0 Å². The van der Waals surface area contributed by atoms with E-state index >= 15 is 0 Å². The molecule has 0 fully saturated rings. The highest BCUT2D eigenvalue weighted by Gasteiger charge is 2.15. The van der Waals surface area contributed by atoms with Crippen LogP contribution in [0.1, 0.15) is 32.0 Å². The van der Waals surface area contributed by atoms with Crippen molar-refractivity contribution in [1.29, 1.82) is 0 Å². The molecule has 0 radical (unpaired) electrons. The van der Waals surface area contributed by atoms with Gasteiger partial charge in [0.25, 0.3) is 0 Å². The fourth-order valence-electron chi connectivity index (χ4n) is 1.99. The number of aromatic amines is 1. The third-order valence-corrected chi connectivity index (χ3v) is 3.71. The lowest BCUT2D eigenvalue weighted by molar-refractivity contribution is 0.490. The van der Waals surface area contributed by atoms with Crippen molar-refractivity contribution in [2.75, 3.05) is 6.54 Å². The van der Waals surface area contributed by atoms with Gasteiger partial charge in [0, 0.05) is 12.5 Å². The summed E-state index contributed by atoms with van der Waals surface area (Å²) < 4.78 is 0. The lowest BCUT2D eigenvalue weighted by Gasteiger charge is -2.14. The van der Waals surface area contributed by atoms with Crippen LogP contribution >= 0.6 is 11.3 Å². The van der Waals surface area contributed by atoms with Gasteiger partial charge in [-0.3, -0.25) is 0 Å². The van der Waals surface area contributed by atoms with E-state index in [2.05, 4.69) is 41.3 Å². The van der Waals surface area contributed by atoms with Gasteiger partial charge >= 0.3 is 0 Å². The summed E-state index contributed by atoms with van der Waals surface area (Å²) in [5.74, 6) is 1.99. The van der Waals surface area contributed by atoms with Gasteiger partial charge in [-0.05, 0) is 23.8 Å². The minimum absolute atomic E-state index is 0.337. The topological polar surface area (TPSA) is 54.7 Å².